The largest absolute Gasteiger partial charge is 0.338 e. The number of hydrogen-bond donors (Lipinski definition) is 1. The number of aromatic amines is 1. The minimum atomic E-state index is -3.33. The number of nitrogens with one attached hydrogen (secondary N) is 1. The predicted molar refractivity (Wildman–Crippen MR) is 90.8 cm³/mol. The third-order valence-electron chi connectivity index (χ3n) is 4.36. The van der Waals surface area contributed by atoms with E-state index < -0.39 is 9.84 Å². The number of rotatable bonds is 3. The fourth-order valence-corrected chi connectivity index (χ4v) is 3.76. The number of H-pyrrole nitrogens is 1. The first kappa shape index (κ1) is 16.7. The molecule has 1 atom stereocenters. The molecule has 24 heavy (non-hydrogen) atoms. The number of likely N-dealkylation sites (tertiary alicyclic amines) is 1. The van der Waals surface area contributed by atoms with Crippen molar-refractivity contribution in [3.05, 3.63) is 47.3 Å². The SMILES string of the molecule is Cc1cc(C2CCCN(C(=O)c3cccc(S(C)(=O)=O)c3)C2)n[nH]1. The van der Waals surface area contributed by atoms with E-state index in [0.717, 1.165) is 30.5 Å². The van der Waals surface area contributed by atoms with E-state index in [9.17, 15) is 13.2 Å². The van der Waals surface area contributed by atoms with Crippen molar-refractivity contribution in [2.75, 3.05) is 19.3 Å². The van der Waals surface area contributed by atoms with Crippen LogP contribution in [-0.4, -0.2) is 48.8 Å². The van der Waals surface area contributed by atoms with Crippen molar-refractivity contribution in [3.63, 3.8) is 0 Å². The Labute approximate surface area is 141 Å². The maximum absolute atomic E-state index is 12.8. The highest BCUT2D eigenvalue weighted by Gasteiger charge is 2.27. The number of carbonyl (C=O) groups excluding carboxylic acids is 1. The number of benzene rings is 1. The second kappa shape index (κ2) is 6.39. The first-order valence-electron chi connectivity index (χ1n) is 7.96. The third kappa shape index (κ3) is 3.51. The normalized spacial score (nSPS) is 18.6. The van der Waals surface area contributed by atoms with E-state index >= 15 is 0 Å². The molecule has 2 heterocycles. The monoisotopic (exact) mass is 347 g/mol. The van der Waals surface area contributed by atoms with Gasteiger partial charge in [-0.3, -0.25) is 9.89 Å². The fraction of sp³-hybridized carbons (Fsp3) is 0.412. The van der Waals surface area contributed by atoms with Crippen LogP contribution in [0, 0.1) is 6.92 Å². The molecular weight excluding hydrogens is 326 g/mol. The molecule has 1 aliphatic heterocycles. The number of aromatic nitrogens is 2. The van der Waals surface area contributed by atoms with E-state index in [0.29, 0.717) is 18.7 Å². The van der Waals surface area contributed by atoms with Crippen molar-refractivity contribution >= 4 is 15.7 Å². The summed E-state index contributed by atoms with van der Waals surface area (Å²) in [6.07, 6.45) is 3.05. The molecule has 1 aromatic heterocycles. The van der Waals surface area contributed by atoms with Gasteiger partial charge in [-0.2, -0.15) is 5.10 Å². The molecule has 1 aromatic carbocycles. The number of nitrogens with zero attached hydrogens (tertiary/aromatic N) is 2. The highest BCUT2D eigenvalue weighted by atomic mass is 32.2. The second-order valence-electron chi connectivity index (χ2n) is 6.37. The lowest BCUT2D eigenvalue weighted by Crippen LogP contribution is -2.39. The standard InChI is InChI=1S/C17H21N3O3S/c1-12-9-16(19-18-12)14-6-4-8-20(11-14)17(21)13-5-3-7-15(10-13)24(2,22)23/h3,5,7,9-10,14H,4,6,8,11H2,1-2H3,(H,18,19). The zero-order valence-electron chi connectivity index (χ0n) is 13.8. The van der Waals surface area contributed by atoms with Crippen molar-refractivity contribution < 1.29 is 13.2 Å². The van der Waals surface area contributed by atoms with Gasteiger partial charge in [0.1, 0.15) is 0 Å². The number of carbonyl (C=O) groups is 1. The fourth-order valence-electron chi connectivity index (χ4n) is 3.09. The van der Waals surface area contributed by atoms with Gasteiger partial charge in [0.25, 0.3) is 5.91 Å². The van der Waals surface area contributed by atoms with Gasteiger partial charge in [0.2, 0.25) is 0 Å². The molecule has 0 bridgehead atoms. The van der Waals surface area contributed by atoms with Crippen LogP contribution in [0.5, 0.6) is 0 Å². The predicted octanol–water partition coefficient (Wildman–Crippen LogP) is 2.14. The second-order valence-corrected chi connectivity index (χ2v) is 8.38. The number of sulfone groups is 1. The van der Waals surface area contributed by atoms with Crippen LogP contribution < -0.4 is 0 Å². The molecular formula is C17H21N3O3S. The molecule has 3 rings (SSSR count). The average molecular weight is 347 g/mol. The molecule has 6 nitrogen and oxygen atoms in total. The van der Waals surface area contributed by atoms with Crippen molar-refractivity contribution in [2.45, 2.75) is 30.6 Å². The van der Waals surface area contributed by atoms with Crippen molar-refractivity contribution in [3.8, 4) is 0 Å². The maximum Gasteiger partial charge on any atom is 0.253 e. The van der Waals surface area contributed by atoms with E-state index in [2.05, 4.69) is 10.2 Å². The molecule has 1 amide bonds. The quantitative estimate of drug-likeness (QED) is 0.922. The summed E-state index contributed by atoms with van der Waals surface area (Å²) in [5, 5.41) is 7.26. The first-order chi connectivity index (χ1) is 11.3. The summed E-state index contributed by atoms with van der Waals surface area (Å²) in [4.78, 5) is 14.7. The van der Waals surface area contributed by atoms with Crippen molar-refractivity contribution in [1.29, 1.82) is 0 Å². The van der Waals surface area contributed by atoms with Crippen LogP contribution in [0.1, 0.15) is 40.5 Å². The van der Waals surface area contributed by atoms with E-state index in [4.69, 9.17) is 0 Å². The third-order valence-corrected chi connectivity index (χ3v) is 5.47. The number of piperidine rings is 1. The van der Waals surface area contributed by atoms with Gasteiger partial charge in [-0.25, -0.2) is 8.42 Å². The van der Waals surface area contributed by atoms with Crippen molar-refractivity contribution in [2.24, 2.45) is 0 Å². The topological polar surface area (TPSA) is 83.1 Å². The van der Waals surface area contributed by atoms with E-state index in [1.165, 1.54) is 12.1 Å². The molecule has 2 aromatic rings. The summed E-state index contributed by atoms with van der Waals surface area (Å²) < 4.78 is 23.4. The maximum atomic E-state index is 12.8. The van der Waals surface area contributed by atoms with Gasteiger partial charge in [0, 0.05) is 36.5 Å². The summed E-state index contributed by atoms with van der Waals surface area (Å²) in [7, 11) is -3.33. The van der Waals surface area contributed by atoms with E-state index in [1.54, 1.807) is 17.0 Å². The van der Waals surface area contributed by atoms with E-state index in [-0.39, 0.29) is 16.7 Å². The highest BCUT2D eigenvalue weighted by molar-refractivity contribution is 7.90. The molecule has 128 valence electrons. The van der Waals surface area contributed by atoms with E-state index in [1.807, 2.05) is 13.0 Å². The van der Waals surface area contributed by atoms with Gasteiger partial charge < -0.3 is 4.90 Å². The van der Waals surface area contributed by atoms with Crippen LogP contribution >= 0.6 is 0 Å². The Hall–Kier alpha value is -2.15. The van der Waals surface area contributed by atoms with Crippen molar-refractivity contribution in [1.82, 2.24) is 15.1 Å². The molecule has 1 aliphatic rings. The Morgan fingerprint density at radius 1 is 1.33 bits per heavy atom. The zero-order valence-corrected chi connectivity index (χ0v) is 14.6. The Bertz CT molecular complexity index is 857. The van der Waals surface area contributed by atoms with Gasteiger partial charge >= 0.3 is 0 Å². The van der Waals surface area contributed by atoms with Crippen LogP contribution in [0.3, 0.4) is 0 Å². The van der Waals surface area contributed by atoms with Crippen LogP contribution in [0.15, 0.2) is 35.2 Å². The lowest BCUT2D eigenvalue weighted by molar-refractivity contribution is 0.0705. The number of aryl methyl sites for hydroxylation is 1. The minimum absolute atomic E-state index is 0.127. The number of amides is 1. The molecule has 1 fully saturated rings. The summed E-state index contributed by atoms with van der Waals surface area (Å²) in [6, 6.07) is 8.27. The van der Waals surface area contributed by atoms with Crippen LogP contribution in [0.2, 0.25) is 0 Å². The molecule has 0 spiro atoms. The molecule has 0 saturated carbocycles. The first-order valence-corrected chi connectivity index (χ1v) is 9.85. The minimum Gasteiger partial charge on any atom is -0.338 e. The van der Waals surface area contributed by atoms with Gasteiger partial charge in [-0.15, -0.1) is 0 Å². The molecule has 0 radical (unpaired) electrons. The Morgan fingerprint density at radius 2 is 2.12 bits per heavy atom. The summed E-state index contributed by atoms with van der Waals surface area (Å²) >= 11 is 0. The van der Waals surface area contributed by atoms with Crippen LogP contribution in [0.4, 0.5) is 0 Å². The zero-order chi connectivity index (χ0) is 17.3. The summed E-state index contributed by atoms with van der Waals surface area (Å²) in [5.41, 5.74) is 2.40. The smallest absolute Gasteiger partial charge is 0.253 e. The van der Waals surface area contributed by atoms with Gasteiger partial charge in [-0.1, -0.05) is 6.07 Å². The van der Waals surface area contributed by atoms with Gasteiger partial charge in [0.15, 0.2) is 9.84 Å². The lowest BCUT2D eigenvalue weighted by atomic mass is 9.94. The van der Waals surface area contributed by atoms with Gasteiger partial charge in [-0.05, 0) is 44.0 Å². The highest BCUT2D eigenvalue weighted by Crippen LogP contribution is 2.27. The summed E-state index contributed by atoms with van der Waals surface area (Å²) in [5.74, 6) is 0.0863. The lowest BCUT2D eigenvalue weighted by Gasteiger charge is -2.32. The molecule has 7 heteroatoms. The van der Waals surface area contributed by atoms with Crippen LogP contribution in [-0.2, 0) is 9.84 Å². The molecule has 0 aliphatic carbocycles. The Morgan fingerprint density at radius 3 is 2.79 bits per heavy atom. The van der Waals surface area contributed by atoms with Crippen LogP contribution in [0.25, 0.3) is 0 Å². The van der Waals surface area contributed by atoms with Gasteiger partial charge in [0.05, 0.1) is 10.6 Å². The Balaban J connectivity index is 1.80. The molecule has 1 N–H and O–H groups in total. The molecule has 1 saturated heterocycles. The number of hydrogen-bond acceptors (Lipinski definition) is 4. The Kier molecular flexibility index (Phi) is 4.45. The molecule has 1 unspecified atom stereocenters. The summed E-state index contributed by atoms with van der Waals surface area (Å²) in [6.45, 7) is 3.24. The average Bonchev–Trinajstić information content (AvgIpc) is 3.00.